The van der Waals surface area contributed by atoms with Crippen LogP contribution in [0.5, 0.6) is 0 Å². The predicted octanol–water partition coefficient (Wildman–Crippen LogP) is 3.35. The summed E-state index contributed by atoms with van der Waals surface area (Å²) in [5.41, 5.74) is 2.19. The van der Waals surface area contributed by atoms with E-state index in [9.17, 15) is 10.1 Å². The number of rotatable bonds is 7. The second kappa shape index (κ2) is 7.66. The Morgan fingerprint density at radius 2 is 2.33 bits per heavy atom. The smallest absolute Gasteiger partial charge is 0.269 e. The van der Waals surface area contributed by atoms with Crippen LogP contribution in [-0.2, 0) is 6.54 Å². The topological polar surface area (TPSA) is 58.4 Å². The molecule has 0 bridgehead atoms. The summed E-state index contributed by atoms with van der Waals surface area (Å²) in [6.45, 7) is 3.74. The van der Waals surface area contributed by atoms with Crippen molar-refractivity contribution in [3.05, 3.63) is 33.9 Å². The largest absolute Gasteiger partial charge is 0.385 e. The van der Waals surface area contributed by atoms with Crippen LogP contribution in [0.25, 0.3) is 0 Å². The molecule has 1 unspecified atom stereocenters. The van der Waals surface area contributed by atoms with Crippen LogP contribution in [0.2, 0.25) is 0 Å². The number of non-ortho nitro benzene ring substituents is 1. The molecule has 21 heavy (non-hydrogen) atoms. The molecule has 1 N–H and O–H groups in total. The maximum Gasteiger partial charge on any atom is 0.269 e. The van der Waals surface area contributed by atoms with E-state index < -0.39 is 0 Å². The molecule has 0 spiro atoms. The number of hydrogen-bond donors (Lipinski definition) is 1. The number of benzene rings is 1. The van der Waals surface area contributed by atoms with Crippen molar-refractivity contribution in [1.29, 1.82) is 0 Å². The fourth-order valence-corrected chi connectivity index (χ4v) is 3.82. The Morgan fingerprint density at radius 3 is 2.95 bits per heavy atom. The molecule has 0 radical (unpaired) electrons. The van der Waals surface area contributed by atoms with Gasteiger partial charge in [0.15, 0.2) is 0 Å². The summed E-state index contributed by atoms with van der Waals surface area (Å²) in [5.74, 6) is 2.37. The molecule has 1 saturated heterocycles. The predicted molar refractivity (Wildman–Crippen MR) is 89.1 cm³/mol. The maximum atomic E-state index is 11.0. The summed E-state index contributed by atoms with van der Waals surface area (Å²) in [6, 6.07) is 5.69. The van der Waals surface area contributed by atoms with Crippen LogP contribution in [0.15, 0.2) is 18.2 Å². The summed E-state index contributed by atoms with van der Waals surface area (Å²) in [6.07, 6.45) is 2.24. The lowest BCUT2D eigenvalue weighted by molar-refractivity contribution is -0.384. The summed E-state index contributed by atoms with van der Waals surface area (Å²) >= 11 is 1.98. The van der Waals surface area contributed by atoms with Gasteiger partial charge >= 0.3 is 0 Å². The fourth-order valence-electron chi connectivity index (χ4n) is 2.52. The molecule has 116 valence electrons. The van der Waals surface area contributed by atoms with E-state index in [-0.39, 0.29) is 10.6 Å². The van der Waals surface area contributed by atoms with Gasteiger partial charge < -0.3 is 5.32 Å². The fraction of sp³-hybridized carbons (Fsp3) is 0.600. The van der Waals surface area contributed by atoms with E-state index in [1.54, 1.807) is 12.1 Å². The molecule has 1 aromatic rings. The van der Waals surface area contributed by atoms with Crippen LogP contribution in [0.1, 0.15) is 25.3 Å². The number of thioether (sulfide) groups is 1. The number of anilines is 1. The second-order valence-electron chi connectivity index (χ2n) is 5.46. The Kier molecular flexibility index (Phi) is 5.87. The van der Waals surface area contributed by atoms with E-state index in [0.717, 1.165) is 36.5 Å². The van der Waals surface area contributed by atoms with Crippen molar-refractivity contribution < 1.29 is 4.92 Å². The van der Waals surface area contributed by atoms with E-state index in [1.807, 2.05) is 17.8 Å². The highest BCUT2D eigenvalue weighted by Gasteiger charge is 2.21. The minimum Gasteiger partial charge on any atom is -0.385 e. The second-order valence-corrected chi connectivity index (χ2v) is 6.61. The summed E-state index contributed by atoms with van der Waals surface area (Å²) in [7, 11) is 2.11. The number of nitro benzene ring substituents is 1. The van der Waals surface area contributed by atoms with E-state index in [2.05, 4.69) is 24.2 Å². The minimum absolute atomic E-state index is 0.168. The van der Waals surface area contributed by atoms with E-state index >= 15 is 0 Å². The number of nitro groups is 1. The van der Waals surface area contributed by atoms with Gasteiger partial charge in [0, 0.05) is 42.7 Å². The molecular weight excluding hydrogens is 286 g/mol. The van der Waals surface area contributed by atoms with Gasteiger partial charge in [-0.15, -0.1) is 0 Å². The molecule has 0 saturated carbocycles. The quantitative estimate of drug-likeness (QED) is 0.618. The van der Waals surface area contributed by atoms with Crippen LogP contribution >= 0.6 is 11.8 Å². The number of hydrogen-bond acceptors (Lipinski definition) is 5. The monoisotopic (exact) mass is 309 g/mol. The normalized spacial score (nSPS) is 18.1. The lowest BCUT2D eigenvalue weighted by atomic mass is 10.1. The zero-order valence-corrected chi connectivity index (χ0v) is 13.5. The van der Waals surface area contributed by atoms with Crippen molar-refractivity contribution >= 4 is 23.1 Å². The summed E-state index contributed by atoms with van der Waals surface area (Å²) < 4.78 is 0. The van der Waals surface area contributed by atoms with Crippen LogP contribution in [0.4, 0.5) is 11.4 Å². The van der Waals surface area contributed by atoms with Gasteiger partial charge in [-0.3, -0.25) is 15.0 Å². The van der Waals surface area contributed by atoms with Crippen molar-refractivity contribution in [3.8, 4) is 0 Å². The third kappa shape index (κ3) is 4.35. The number of nitrogens with one attached hydrogen (secondary N) is 1. The third-order valence-corrected chi connectivity index (χ3v) is 4.96. The Bertz CT molecular complexity index is 490. The molecule has 0 aromatic heterocycles. The molecule has 1 aliphatic rings. The summed E-state index contributed by atoms with van der Waals surface area (Å²) in [4.78, 5) is 13.0. The van der Waals surface area contributed by atoms with Crippen molar-refractivity contribution in [2.75, 3.05) is 30.4 Å². The molecule has 6 heteroatoms. The summed E-state index contributed by atoms with van der Waals surface area (Å²) in [5, 5.41) is 14.4. The SMILES string of the molecule is CCCNc1ccc([N+](=O)[O-])cc1CN(C)C1CCSC1. The van der Waals surface area contributed by atoms with Crippen molar-refractivity contribution in [3.63, 3.8) is 0 Å². The Balaban J connectivity index is 2.16. The first-order valence-electron chi connectivity index (χ1n) is 7.41. The Hall–Kier alpha value is -1.27. The van der Waals surface area contributed by atoms with Gasteiger partial charge in [0.1, 0.15) is 0 Å². The van der Waals surface area contributed by atoms with Crippen LogP contribution in [0, 0.1) is 10.1 Å². The average Bonchev–Trinajstić information content (AvgIpc) is 3.00. The zero-order chi connectivity index (χ0) is 15.2. The molecule has 1 aromatic carbocycles. The molecule has 0 amide bonds. The third-order valence-electron chi connectivity index (χ3n) is 3.81. The van der Waals surface area contributed by atoms with Crippen LogP contribution in [-0.4, -0.2) is 41.0 Å². The van der Waals surface area contributed by atoms with Crippen molar-refractivity contribution in [1.82, 2.24) is 4.90 Å². The van der Waals surface area contributed by atoms with Crippen LogP contribution in [0.3, 0.4) is 0 Å². The average molecular weight is 309 g/mol. The van der Waals surface area contributed by atoms with Crippen molar-refractivity contribution in [2.24, 2.45) is 0 Å². The van der Waals surface area contributed by atoms with E-state index in [0.29, 0.717) is 6.04 Å². The van der Waals surface area contributed by atoms with Gasteiger partial charge in [-0.2, -0.15) is 11.8 Å². The first-order chi connectivity index (χ1) is 10.1. The van der Waals surface area contributed by atoms with E-state index in [1.165, 1.54) is 12.2 Å². The Labute approximate surface area is 130 Å². The molecule has 1 atom stereocenters. The first-order valence-corrected chi connectivity index (χ1v) is 8.56. The standard InChI is InChI=1S/C15H23N3O2S/c1-3-7-16-15-5-4-13(18(19)20)9-12(15)10-17(2)14-6-8-21-11-14/h4-5,9,14,16H,3,6-8,10-11H2,1-2H3. The molecule has 2 rings (SSSR count). The van der Waals surface area contributed by atoms with Crippen LogP contribution < -0.4 is 5.32 Å². The lowest BCUT2D eigenvalue weighted by Crippen LogP contribution is -2.31. The highest BCUT2D eigenvalue weighted by molar-refractivity contribution is 7.99. The molecular formula is C15H23N3O2S. The zero-order valence-electron chi connectivity index (χ0n) is 12.7. The highest BCUT2D eigenvalue weighted by atomic mass is 32.2. The highest BCUT2D eigenvalue weighted by Crippen LogP contribution is 2.27. The van der Waals surface area contributed by atoms with Gasteiger partial charge in [-0.05, 0) is 37.3 Å². The first kappa shape index (κ1) is 16.1. The molecule has 1 aliphatic heterocycles. The van der Waals surface area contributed by atoms with Gasteiger partial charge in [-0.25, -0.2) is 0 Å². The van der Waals surface area contributed by atoms with E-state index in [4.69, 9.17) is 0 Å². The minimum atomic E-state index is -0.321. The maximum absolute atomic E-state index is 11.0. The van der Waals surface area contributed by atoms with Crippen molar-refractivity contribution in [2.45, 2.75) is 32.4 Å². The molecule has 0 aliphatic carbocycles. The van der Waals surface area contributed by atoms with Gasteiger partial charge in [-0.1, -0.05) is 6.92 Å². The molecule has 1 heterocycles. The van der Waals surface area contributed by atoms with Gasteiger partial charge in [0.25, 0.3) is 5.69 Å². The van der Waals surface area contributed by atoms with Gasteiger partial charge in [0.05, 0.1) is 4.92 Å². The lowest BCUT2D eigenvalue weighted by Gasteiger charge is -2.24. The molecule has 5 nitrogen and oxygen atoms in total. The Morgan fingerprint density at radius 1 is 1.52 bits per heavy atom. The molecule has 1 fully saturated rings. The number of nitrogens with zero attached hydrogens (tertiary/aromatic N) is 2. The van der Waals surface area contributed by atoms with Gasteiger partial charge in [0.2, 0.25) is 0 Å².